The molecule has 58 valence electrons. The molecule has 0 radical (unpaired) electrons. The number of rotatable bonds is 3. The van der Waals surface area contributed by atoms with E-state index in [0.717, 1.165) is 11.1 Å². The molecule has 0 spiro atoms. The van der Waals surface area contributed by atoms with E-state index < -0.39 is 0 Å². The summed E-state index contributed by atoms with van der Waals surface area (Å²) in [5.74, 6) is -0.312. The van der Waals surface area contributed by atoms with Gasteiger partial charge in [0.05, 0.1) is 0 Å². The van der Waals surface area contributed by atoms with Crippen LogP contribution in [0, 0.1) is 0 Å². The molecule has 0 aliphatic rings. The fourth-order valence-corrected chi connectivity index (χ4v) is 0.499. The van der Waals surface area contributed by atoms with Crippen LogP contribution in [0.3, 0.4) is 0 Å². The number of hydrogen-bond acceptors (Lipinski definition) is 3. The first kappa shape index (κ1) is 9.13. The van der Waals surface area contributed by atoms with Gasteiger partial charge in [-0.15, -0.1) is 0 Å². The smallest absolute Gasteiger partial charge is 0.262 e. The van der Waals surface area contributed by atoms with E-state index in [0.29, 0.717) is 0 Å². The van der Waals surface area contributed by atoms with Crippen molar-refractivity contribution in [3.8, 4) is 0 Å². The number of aliphatic hydroxyl groups is 1. The molecule has 0 aromatic heterocycles. The van der Waals surface area contributed by atoms with Crippen LogP contribution in [0.25, 0.3) is 0 Å². The minimum absolute atomic E-state index is 0.312. The van der Waals surface area contributed by atoms with Gasteiger partial charge in [0.1, 0.15) is 6.73 Å². The van der Waals surface area contributed by atoms with Crippen molar-refractivity contribution in [2.75, 3.05) is 20.8 Å². The van der Waals surface area contributed by atoms with E-state index >= 15 is 0 Å². The molecular weight excluding hydrogens is 132 g/mol. The summed E-state index contributed by atoms with van der Waals surface area (Å²) in [6, 6.07) is 0. The summed E-state index contributed by atoms with van der Waals surface area (Å²) >= 11 is 0. The zero-order chi connectivity index (χ0) is 8.15. The Morgan fingerprint density at radius 1 is 1.70 bits per heavy atom. The van der Waals surface area contributed by atoms with E-state index in [4.69, 9.17) is 5.11 Å². The first-order valence-corrected chi connectivity index (χ1v) is 2.85. The second-order valence-electron chi connectivity index (χ2n) is 1.93. The molecule has 0 atom stereocenters. The highest BCUT2D eigenvalue weighted by Gasteiger charge is 2.09. The van der Waals surface area contributed by atoms with Crippen LogP contribution >= 0.6 is 0 Å². The second-order valence-corrected chi connectivity index (χ2v) is 1.93. The highest BCUT2D eigenvalue weighted by Crippen LogP contribution is 1.90. The molecule has 4 heteroatoms. The van der Waals surface area contributed by atoms with Crippen LogP contribution in [0.4, 0.5) is 0 Å². The molecule has 0 aliphatic heterocycles. The average Bonchev–Trinajstić information content (AvgIpc) is 1.88. The summed E-state index contributed by atoms with van der Waals surface area (Å²) < 4.78 is 0. The van der Waals surface area contributed by atoms with Gasteiger partial charge in [-0.05, 0) is 6.08 Å². The van der Waals surface area contributed by atoms with Crippen molar-refractivity contribution >= 4 is 5.91 Å². The molecule has 10 heavy (non-hydrogen) atoms. The van der Waals surface area contributed by atoms with E-state index in [2.05, 4.69) is 6.58 Å². The van der Waals surface area contributed by atoms with Gasteiger partial charge in [0.2, 0.25) is 0 Å². The van der Waals surface area contributed by atoms with E-state index in [9.17, 15) is 4.79 Å². The van der Waals surface area contributed by atoms with Crippen LogP contribution in [-0.4, -0.2) is 41.9 Å². The predicted molar refractivity (Wildman–Crippen MR) is 37.8 cm³/mol. The number of aliphatic hydroxyl groups excluding tert-OH is 1. The lowest BCUT2D eigenvalue weighted by molar-refractivity contribution is -0.146. The van der Waals surface area contributed by atoms with Gasteiger partial charge in [0.15, 0.2) is 0 Å². The Bertz CT molecular complexity index is 134. The van der Waals surface area contributed by atoms with Gasteiger partial charge in [-0.25, -0.2) is 10.0 Å². The molecule has 0 aromatic carbocycles. The Hall–Kier alpha value is -0.870. The van der Waals surface area contributed by atoms with Gasteiger partial charge in [-0.3, -0.25) is 4.79 Å². The highest BCUT2D eigenvalue weighted by atomic mass is 16.3. The summed E-state index contributed by atoms with van der Waals surface area (Å²) in [4.78, 5) is 10.8. The Morgan fingerprint density at radius 2 is 2.20 bits per heavy atom. The van der Waals surface area contributed by atoms with Gasteiger partial charge in [0.25, 0.3) is 5.91 Å². The molecule has 0 bridgehead atoms. The van der Waals surface area contributed by atoms with Gasteiger partial charge in [-0.1, -0.05) is 6.58 Å². The fourth-order valence-electron chi connectivity index (χ4n) is 0.499. The van der Waals surface area contributed by atoms with Crippen LogP contribution < -0.4 is 0 Å². The maximum Gasteiger partial charge on any atom is 0.262 e. The number of hydrogen-bond donors (Lipinski definition) is 1. The van der Waals surface area contributed by atoms with Crippen molar-refractivity contribution in [2.24, 2.45) is 0 Å². The van der Waals surface area contributed by atoms with Crippen molar-refractivity contribution in [1.82, 2.24) is 10.0 Å². The molecule has 0 saturated heterocycles. The first-order valence-electron chi connectivity index (χ1n) is 2.85. The summed E-state index contributed by atoms with van der Waals surface area (Å²) in [6.07, 6.45) is 1.15. The fraction of sp³-hybridized carbons (Fsp3) is 0.500. The van der Waals surface area contributed by atoms with E-state index in [1.165, 1.54) is 5.01 Å². The van der Waals surface area contributed by atoms with Gasteiger partial charge in [0, 0.05) is 14.1 Å². The van der Waals surface area contributed by atoms with Crippen molar-refractivity contribution < 1.29 is 9.90 Å². The lowest BCUT2D eigenvalue weighted by atomic mass is 10.6. The van der Waals surface area contributed by atoms with Crippen molar-refractivity contribution in [3.63, 3.8) is 0 Å². The van der Waals surface area contributed by atoms with Crippen molar-refractivity contribution in [2.45, 2.75) is 0 Å². The first-order chi connectivity index (χ1) is 4.63. The molecule has 0 unspecified atom stereocenters. The predicted octanol–water partition coefficient (Wildman–Crippen LogP) is -0.573. The van der Waals surface area contributed by atoms with Crippen molar-refractivity contribution in [3.05, 3.63) is 12.7 Å². The topological polar surface area (TPSA) is 43.8 Å². The molecule has 1 amide bonds. The third-order valence-electron chi connectivity index (χ3n) is 1.05. The molecule has 0 heterocycles. The van der Waals surface area contributed by atoms with E-state index in [-0.39, 0.29) is 12.6 Å². The molecular formula is C6H12N2O2. The minimum atomic E-state index is -0.322. The third kappa shape index (κ3) is 2.16. The van der Waals surface area contributed by atoms with E-state index in [1.54, 1.807) is 14.1 Å². The number of amides is 1. The van der Waals surface area contributed by atoms with Crippen molar-refractivity contribution in [1.29, 1.82) is 0 Å². The lowest BCUT2D eigenvalue weighted by Gasteiger charge is -2.24. The zero-order valence-corrected chi connectivity index (χ0v) is 6.24. The normalized spacial score (nSPS) is 9.60. The Morgan fingerprint density at radius 3 is 2.30 bits per heavy atom. The molecule has 0 aliphatic carbocycles. The van der Waals surface area contributed by atoms with Crippen LogP contribution in [0.5, 0.6) is 0 Å². The van der Waals surface area contributed by atoms with Crippen LogP contribution in [-0.2, 0) is 4.79 Å². The Kier molecular flexibility index (Phi) is 3.68. The zero-order valence-electron chi connectivity index (χ0n) is 6.24. The van der Waals surface area contributed by atoms with Gasteiger partial charge < -0.3 is 5.11 Å². The van der Waals surface area contributed by atoms with Gasteiger partial charge in [-0.2, -0.15) is 0 Å². The lowest BCUT2D eigenvalue weighted by Crippen LogP contribution is -2.41. The summed E-state index contributed by atoms with van der Waals surface area (Å²) in [7, 11) is 3.33. The Balaban J connectivity index is 4.06. The quantitative estimate of drug-likeness (QED) is 0.327. The molecule has 0 aromatic rings. The number of carbonyl (C=O) groups excluding carboxylic acids is 1. The second kappa shape index (κ2) is 4.03. The van der Waals surface area contributed by atoms with Crippen LogP contribution in [0.15, 0.2) is 12.7 Å². The maximum absolute atomic E-state index is 10.8. The number of hydrazine groups is 1. The average molecular weight is 144 g/mol. The maximum atomic E-state index is 10.8. The minimum Gasteiger partial charge on any atom is -0.375 e. The van der Waals surface area contributed by atoms with Crippen LogP contribution in [0.1, 0.15) is 0 Å². The SMILES string of the molecule is C=CC(=O)N(CO)N(C)C. The Labute approximate surface area is 60.3 Å². The van der Waals surface area contributed by atoms with Gasteiger partial charge >= 0.3 is 0 Å². The standard InChI is InChI=1S/C6H12N2O2/c1-4-6(10)8(5-9)7(2)3/h4,9H,1,5H2,2-3H3. The summed E-state index contributed by atoms with van der Waals surface area (Å²) in [5, 5.41) is 11.2. The third-order valence-corrected chi connectivity index (χ3v) is 1.05. The van der Waals surface area contributed by atoms with E-state index in [1.807, 2.05) is 0 Å². The highest BCUT2D eigenvalue weighted by molar-refractivity contribution is 5.86. The molecule has 4 nitrogen and oxygen atoms in total. The number of carbonyl (C=O) groups is 1. The van der Waals surface area contributed by atoms with Crippen LogP contribution in [0.2, 0.25) is 0 Å². The molecule has 1 N–H and O–H groups in total. The summed E-state index contributed by atoms with van der Waals surface area (Å²) in [6.45, 7) is 2.96. The number of nitrogens with zero attached hydrogens (tertiary/aromatic N) is 2. The summed E-state index contributed by atoms with van der Waals surface area (Å²) in [5.41, 5.74) is 0. The monoisotopic (exact) mass is 144 g/mol. The molecule has 0 saturated carbocycles. The largest absolute Gasteiger partial charge is 0.375 e. The molecule has 0 rings (SSSR count). The molecule has 0 fully saturated rings.